The Labute approximate surface area is 291 Å². The van der Waals surface area contributed by atoms with Crippen molar-refractivity contribution in [1.29, 1.82) is 0 Å². The van der Waals surface area contributed by atoms with Crippen LogP contribution in [0.5, 0.6) is 0 Å². The molecule has 1 fully saturated rings. The van der Waals surface area contributed by atoms with Gasteiger partial charge in [-0.15, -0.1) is 0 Å². The predicted molar refractivity (Wildman–Crippen MR) is 194 cm³/mol. The quantitative estimate of drug-likeness (QED) is 0.0673. The summed E-state index contributed by atoms with van der Waals surface area (Å²) in [6.07, 6.45) is 5.60. The molecular formula is C39H38BClFN3O4. The maximum atomic E-state index is 14.0. The van der Waals surface area contributed by atoms with Gasteiger partial charge in [0.15, 0.2) is 0 Å². The Morgan fingerprint density at radius 1 is 0.959 bits per heavy atom. The number of hydroxylamine groups is 1. The number of nitrogens with zero attached hydrogens (tertiary/aromatic N) is 1. The molecule has 0 unspecified atom stereocenters. The third-order valence-electron chi connectivity index (χ3n) is 9.18. The fraction of sp³-hybridized carbons (Fsp3) is 0.231. The van der Waals surface area contributed by atoms with Crippen LogP contribution >= 0.6 is 11.6 Å². The summed E-state index contributed by atoms with van der Waals surface area (Å²) in [7, 11) is -0.435. The second-order valence-corrected chi connectivity index (χ2v) is 13.5. The van der Waals surface area contributed by atoms with Gasteiger partial charge < -0.3 is 9.31 Å². The average molecular weight is 678 g/mol. The minimum Gasteiger partial charge on any atom is -0.399 e. The number of hydrogen-bond donors (Lipinski definition) is 2. The summed E-state index contributed by atoms with van der Waals surface area (Å²) in [5.41, 5.74) is 9.90. The van der Waals surface area contributed by atoms with E-state index in [0.717, 1.165) is 55.3 Å². The van der Waals surface area contributed by atoms with E-state index in [2.05, 4.69) is 28.7 Å². The highest BCUT2D eigenvalue weighted by Crippen LogP contribution is 2.39. The normalized spacial score (nSPS) is 15.9. The molecule has 1 amide bonds. The molecule has 250 valence electrons. The first-order valence-electron chi connectivity index (χ1n) is 16.2. The van der Waals surface area contributed by atoms with Gasteiger partial charge in [-0.25, -0.2) is 9.87 Å². The molecule has 0 aliphatic carbocycles. The Morgan fingerprint density at radius 2 is 1.65 bits per heavy atom. The van der Waals surface area contributed by atoms with E-state index in [1.807, 2.05) is 88.4 Å². The molecule has 0 spiro atoms. The number of halogens is 2. The third kappa shape index (κ3) is 7.55. The maximum absolute atomic E-state index is 14.0. The number of aromatic amines is 1. The molecule has 1 aliphatic rings. The lowest BCUT2D eigenvalue weighted by molar-refractivity contribution is -0.129. The van der Waals surface area contributed by atoms with Gasteiger partial charge in [0, 0.05) is 11.5 Å². The number of aromatic nitrogens is 2. The number of fused-ring (bicyclic) bond motifs is 1. The Morgan fingerprint density at radius 3 is 2.33 bits per heavy atom. The minimum atomic E-state index is -0.435. The summed E-state index contributed by atoms with van der Waals surface area (Å²) in [4.78, 5) is 18.0. The van der Waals surface area contributed by atoms with Crippen molar-refractivity contribution in [2.75, 3.05) is 0 Å². The fourth-order valence-electron chi connectivity index (χ4n) is 5.76. The van der Waals surface area contributed by atoms with Crippen LogP contribution in [0.2, 0.25) is 5.02 Å². The first-order chi connectivity index (χ1) is 23.4. The van der Waals surface area contributed by atoms with Crippen LogP contribution in [0.4, 0.5) is 4.39 Å². The molecule has 1 aliphatic heterocycles. The van der Waals surface area contributed by atoms with Gasteiger partial charge in [0.25, 0.3) is 5.91 Å². The number of nitrogens with one attached hydrogen (secondary N) is 2. The van der Waals surface area contributed by atoms with Gasteiger partial charge in [0.2, 0.25) is 0 Å². The third-order valence-corrected chi connectivity index (χ3v) is 9.50. The number of benzene rings is 4. The Bertz CT molecular complexity index is 2020. The van der Waals surface area contributed by atoms with Crippen LogP contribution < -0.4 is 10.9 Å². The fourth-order valence-corrected chi connectivity index (χ4v) is 6.04. The smallest absolute Gasteiger partial charge is 0.399 e. The molecule has 2 heterocycles. The number of amides is 1. The topological polar surface area (TPSA) is 85.5 Å². The summed E-state index contributed by atoms with van der Waals surface area (Å²) >= 11 is 6.56. The molecule has 6 rings (SSSR count). The molecule has 49 heavy (non-hydrogen) atoms. The number of allylic oxidation sites excluding steroid dienone is 1. The molecule has 0 bridgehead atoms. The van der Waals surface area contributed by atoms with Gasteiger partial charge in [-0.05, 0) is 109 Å². The lowest BCUT2D eigenvalue weighted by Gasteiger charge is -2.32. The summed E-state index contributed by atoms with van der Waals surface area (Å²) in [6, 6.07) is 26.2. The van der Waals surface area contributed by atoms with E-state index in [1.54, 1.807) is 18.3 Å². The molecule has 0 radical (unpaired) electrons. The van der Waals surface area contributed by atoms with Gasteiger partial charge in [-0.3, -0.25) is 14.7 Å². The van der Waals surface area contributed by atoms with Gasteiger partial charge in [0.1, 0.15) is 5.82 Å². The Hall–Kier alpha value is -4.54. The lowest BCUT2D eigenvalue weighted by Crippen LogP contribution is -2.41. The number of carbonyl (C=O) groups excluding carboxylic acids is 1. The van der Waals surface area contributed by atoms with E-state index in [9.17, 15) is 9.18 Å². The highest BCUT2D eigenvalue weighted by Gasteiger charge is 2.51. The van der Waals surface area contributed by atoms with Crippen LogP contribution in [-0.2, 0) is 25.5 Å². The van der Waals surface area contributed by atoms with Crippen molar-refractivity contribution in [2.24, 2.45) is 0 Å². The van der Waals surface area contributed by atoms with Crippen LogP contribution in [0.25, 0.3) is 28.1 Å². The zero-order valence-electron chi connectivity index (χ0n) is 28.1. The number of carbonyl (C=O) groups is 1. The van der Waals surface area contributed by atoms with Crippen LogP contribution in [0.1, 0.15) is 68.9 Å². The SMILES string of the molecule is CC/C(=C(/c1ccc(/C=C/C(=O)NOCc2ccc(B3OC(C)(C)C(C)(C)O3)cc2)cc1)c1ccc2[nH]ncc2c1)c1ccc(F)cc1Cl. The summed E-state index contributed by atoms with van der Waals surface area (Å²) < 4.78 is 26.2. The minimum absolute atomic E-state index is 0.204. The van der Waals surface area contributed by atoms with E-state index in [-0.39, 0.29) is 18.3 Å². The van der Waals surface area contributed by atoms with Crippen molar-refractivity contribution in [2.45, 2.75) is 58.8 Å². The zero-order valence-corrected chi connectivity index (χ0v) is 28.9. The van der Waals surface area contributed by atoms with Crippen molar-refractivity contribution in [3.05, 3.63) is 136 Å². The van der Waals surface area contributed by atoms with Gasteiger partial charge >= 0.3 is 7.12 Å². The van der Waals surface area contributed by atoms with E-state index in [1.165, 1.54) is 18.2 Å². The number of H-pyrrole nitrogens is 1. The second-order valence-electron chi connectivity index (χ2n) is 13.0. The lowest BCUT2D eigenvalue weighted by atomic mass is 9.79. The number of rotatable bonds is 10. The van der Waals surface area contributed by atoms with Crippen molar-refractivity contribution in [3.8, 4) is 0 Å². The molecular weight excluding hydrogens is 640 g/mol. The average Bonchev–Trinajstić information content (AvgIpc) is 3.63. The Kier molecular flexibility index (Phi) is 9.90. The van der Waals surface area contributed by atoms with Crippen LogP contribution in [-0.4, -0.2) is 34.4 Å². The van der Waals surface area contributed by atoms with Gasteiger partial charge in [-0.2, -0.15) is 5.10 Å². The summed E-state index contributed by atoms with van der Waals surface area (Å²) in [5.74, 6) is -0.768. The van der Waals surface area contributed by atoms with E-state index >= 15 is 0 Å². The monoisotopic (exact) mass is 677 g/mol. The van der Waals surface area contributed by atoms with Crippen LogP contribution in [0.3, 0.4) is 0 Å². The van der Waals surface area contributed by atoms with E-state index in [4.69, 9.17) is 25.7 Å². The highest BCUT2D eigenvalue weighted by molar-refractivity contribution is 6.62. The molecule has 2 N–H and O–H groups in total. The first kappa shape index (κ1) is 34.3. The van der Waals surface area contributed by atoms with E-state index < -0.39 is 18.3 Å². The molecule has 7 nitrogen and oxygen atoms in total. The maximum Gasteiger partial charge on any atom is 0.494 e. The van der Waals surface area contributed by atoms with Crippen LogP contribution in [0, 0.1) is 5.82 Å². The van der Waals surface area contributed by atoms with Crippen LogP contribution in [0.15, 0.2) is 97.2 Å². The molecule has 1 aromatic heterocycles. The number of hydrogen-bond acceptors (Lipinski definition) is 5. The van der Waals surface area contributed by atoms with Crippen molar-refractivity contribution in [1.82, 2.24) is 15.7 Å². The first-order valence-corrected chi connectivity index (χ1v) is 16.6. The largest absolute Gasteiger partial charge is 0.494 e. The zero-order chi connectivity index (χ0) is 34.8. The molecule has 4 aromatic carbocycles. The molecule has 1 saturated heterocycles. The van der Waals surface area contributed by atoms with Crippen molar-refractivity contribution < 1.29 is 23.3 Å². The molecule has 10 heteroatoms. The van der Waals surface area contributed by atoms with Crippen molar-refractivity contribution >= 4 is 58.2 Å². The van der Waals surface area contributed by atoms with Gasteiger partial charge in [-0.1, -0.05) is 79.2 Å². The molecule has 5 aromatic rings. The molecule has 0 atom stereocenters. The summed E-state index contributed by atoms with van der Waals surface area (Å²) in [5, 5.41) is 8.49. The van der Waals surface area contributed by atoms with Gasteiger partial charge in [0.05, 0.1) is 34.5 Å². The van der Waals surface area contributed by atoms with Crippen molar-refractivity contribution in [3.63, 3.8) is 0 Å². The summed E-state index contributed by atoms with van der Waals surface area (Å²) in [6.45, 7) is 10.4. The standard InChI is InChI=1S/C39H38BClFN3O4/c1-6-32(33-18-17-31(42)22-34(33)41)37(28-14-19-35-29(21-28)23-43-44-35)27-12-7-25(8-13-27)11-20-36(46)45-47-24-26-9-15-30(16-10-26)40-48-38(2,3)39(4,5)49-40/h7-23H,6,24H2,1-5H3,(H,43,44)(H,45,46)/b20-11+,37-32+. The van der Waals surface area contributed by atoms with E-state index in [0.29, 0.717) is 11.4 Å². The molecule has 0 saturated carbocycles. The Balaban J connectivity index is 1.13. The second kappa shape index (κ2) is 14.1. The highest BCUT2D eigenvalue weighted by atomic mass is 35.5. The predicted octanol–water partition coefficient (Wildman–Crippen LogP) is 8.28.